The van der Waals surface area contributed by atoms with Crippen molar-refractivity contribution < 1.29 is 27.8 Å². The lowest BCUT2D eigenvalue weighted by Crippen LogP contribution is -2.37. The highest BCUT2D eigenvalue weighted by molar-refractivity contribution is 7.39. The summed E-state index contributed by atoms with van der Waals surface area (Å²) in [5, 5.41) is 0. The monoisotopic (exact) mass is 307 g/mol. The van der Waals surface area contributed by atoms with Gasteiger partial charge in [-0.15, -0.1) is 4.52 Å². The van der Waals surface area contributed by atoms with Gasteiger partial charge in [0.15, 0.2) is 6.61 Å². The highest BCUT2D eigenvalue weighted by Crippen LogP contribution is 2.29. The third kappa shape index (κ3) is 10.0. The van der Waals surface area contributed by atoms with Gasteiger partial charge in [0.2, 0.25) is 0 Å². The second-order valence-electron chi connectivity index (χ2n) is 5.52. The molecule has 116 valence electrons. The van der Waals surface area contributed by atoms with Crippen LogP contribution in [0.1, 0.15) is 13.8 Å². The number of likely N-dealkylation sites (N-methyl/N-ethyl adjacent to an activating group) is 1. The maximum Gasteiger partial charge on any atom is 0.540 e. The first kappa shape index (κ1) is 19.2. The van der Waals surface area contributed by atoms with Gasteiger partial charge in [0.05, 0.1) is 27.7 Å². The fourth-order valence-electron chi connectivity index (χ4n) is 1.05. The van der Waals surface area contributed by atoms with Crippen LogP contribution in [0.15, 0.2) is 12.2 Å². The molecule has 0 saturated carbocycles. The fraction of sp³-hybridized carbons (Fsp3) is 0.769. The van der Waals surface area contributed by atoms with Gasteiger partial charge in [-0.2, -0.15) is 0 Å². The zero-order chi connectivity index (χ0) is 15.8. The second-order valence-corrected chi connectivity index (χ2v) is 7.07. The Morgan fingerprint density at radius 3 is 2.35 bits per heavy atom. The Balaban J connectivity index is 3.75. The number of quaternary nitrogens is 1. The Labute approximate surface area is 122 Å². The van der Waals surface area contributed by atoms with E-state index < -0.39 is 19.8 Å². The molecule has 0 aliphatic rings. The van der Waals surface area contributed by atoms with Crippen molar-refractivity contribution in [1.82, 2.24) is 0 Å². The summed E-state index contributed by atoms with van der Waals surface area (Å²) in [6, 6.07) is 0. The third-order valence-electron chi connectivity index (χ3n) is 2.30. The van der Waals surface area contributed by atoms with E-state index in [4.69, 9.17) is 14.0 Å². The van der Waals surface area contributed by atoms with Crippen LogP contribution in [-0.4, -0.2) is 63.8 Å². The molecule has 0 spiro atoms. The molecule has 0 aromatic heterocycles. The molecule has 0 aliphatic carbocycles. The van der Waals surface area contributed by atoms with Crippen molar-refractivity contribution in [2.45, 2.75) is 19.7 Å². The predicted molar refractivity (Wildman–Crippen MR) is 77.6 cm³/mol. The van der Waals surface area contributed by atoms with Gasteiger partial charge in [0.1, 0.15) is 13.2 Å². The van der Waals surface area contributed by atoms with Gasteiger partial charge in [0.25, 0.3) is 5.85 Å². The molecule has 0 aromatic rings. The summed E-state index contributed by atoms with van der Waals surface area (Å²) in [6.07, 6.45) is 0. The Morgan fingerprint density at radius 1 is 1.25 bits per heavy atom. The van der Waals surface area contributed by atoms with Crippen LogP contribution in [0.3, 0.4) is 0 Å². The summed E-state index contributed by atoms with van der Waals surface area (Å²) in [6.45, 7) is 8.18. The van der Waals surface area contributed by atoms with Crippen molar-refractivity contribution in [3.63, 3.8) is 0 Å². The molecule has 0 radical (unpaired) electrons. The zero-order valence-corrected chi connectivity index (χ0v) is 13.9. The third-order valence-corrected chi connectivity index (χ3v) is 3.48. The molecule has 2 unspecified atom stereocenters. The molecule has 20 heavy (non-hydrogen) atoms. The average Bonchev–Trinajstić information content (AvgIpc) is 2.31. The van der Waals surface area contributed by atoms with E-state index in [1.54, 1.807) is 13.8 Å². The molecular weight excluding hydrogens is 281 g/mol. The van der Waals surface area contributed by atoms with Gasteiger partial charge >= 0.3 is 14.0 Å². The van der Waals surface area contributed by atoms with Crippen LogP contribution in [0.2, 0.25) is 0 Å². The lowest BCUT2D eigenvalue weighted by Gasteiger charge is -2.22. The van der Waals surface area contributed by atoms with E-state index in [1.807, 2.05) is 21.1 Å². The number of ether oxygens (including phenoxy) is 2. The largest absolute Gasteiger partial charge is 0.540 e. The molecule has 2 atom stereocenters. The summed E-state index contributed by atoms with van der Waals surface area (Å²) in [5.41, 5.74) is 0.341. The summed E-state index contributed by atoms with van der Waals surface area (Å²) >= 11 is 0. The lowest BCUT2D eigenvalue weighted by atomic mass is 10.4. The van der Waals surface area contributed by atoms with Gasteiger partial charge in [-0.25, -0.2) is 4.79 Å². The molecule has 0 aromatic carbocycles. The van der Waals surface area contributed by atoms with Gasteiger partial charge in [-0.3, -0.25) is 0 Å². The van der Waals surface area contributed by atoms with Crippen LogP contribution in [-0.2, 0) is 23.4 Å². The van der Waals surface area contributed by atoms with Crippen LogP contribution >= 0.6 is 8.03 Å². The summed E-state index contributed by atoms with van der Waals surface area (Å²) < 4.78 is 27.9. The SMILES string of the molecule is C=C(C)C(=O)OCCOC(C)[P+](=O)OCC[N+](C)(C)C. The Bertz CT molecular complexity index is 351. The number of carbonyl (C=O) groups is 1. The molecule has 0 aliphatic heterocycles. The Hall–Kier alpha value is -0.810. The van der Waals surface area contributed by atoms with E-state index in [1.165, 1.54) is 0 Å². The standard InChI is InChI=1S/C13H26NO5P/c1-11(2)13(15)18-10-9-17-12(3)20(16)19-8-7-14(4,5)6/h12H,1,7-10H2,2-6H3/q+2. The molecule has 0 fully saturated rings. The van der Waals surface area contributed by atoms with Gasteiger partial charge in [0, 0.05) is 12.5 Å². The fourth-order valence-corrected chi connectivity index (χ4v) is 1.75. The molecular formula is C13H26NO5P+2. The van der Waals surface area contributed by atoms with Crippen LogP contribution < -0.4 is 0 Å². The number of hydrogen-bond donors (Lipinski definition) is 0. The normalized spacial score (nSPS) is 13.8. The maximum atomic E-state index is 11.7. The first-order valence-electron chi connectivity index (χ1n) is 6.47. The molecule has 7 heteroatoms. The van der Waals surface area contributed by atoms with Crippen molar-refractivity contribution in [3.8, 4) is 0 Å². The quantitative estimate of drug-likeness (QED) is 0.203. The summed E-state index contributed by atoms with van der Waals surface area (Å²) in [5.74, 6) is -0.981. The summed E-state index contributed by atoms with van der Waals surface area (Å²) in [7, 11) is 4.22. The topological polar surface area (TPSA) is 61.8 Å². The zero-order valence-electron chi connectivity index (χ0n) is 13.0. The molecule has 0 bridgehead atoms. The smallest absolute Gasteiger partial charge is 0.460 e. The van der Waals surface area contributed by atoms with Crippen molar-refractivity contribution >= 4 is 14.0 Å². The van der Waals surface area contributed by atoms with Gasteiger partial charge in [-0.1, -0.05) is 6.58 Å². The van der Waals surface area contributed by atoms with Crippen LogP contribution in [0.4, 0.5) is 0 Å². The lowest BCUT2D eigenvalue weighted by molar-refractivity contribution is -0.870. The second kappa shape index (κ2) is 9.19. The molecule has 0 saturated heterocycles. The van der Waals surface area contributed by atoms with Gasteiger partial charge < -0.3 is 14.0 Å². The number of esters is 1. The Kier molecular flexibility index (Phi) is 8.81. The van der Waals surface area contributed by atoms with Crippen LogP contribution in [0.5, 0.6) is 0 Å². The number of nitrogens with zero attached hydrogens (tertiary/aromatic N) is 1. The predicted octanol–water partition coefficient (Wildman–Crippen LogP) is 1.93. The minimum Gasteiger partial charge on any atom is -0.460 e. The molecule has 0 amide bonds. The highest BCUT2D eigenvalue weighted by Gasteiger charge is 2.29. The van der Waals surface area contributed by atoms with Crippen molar-refractivity contribution in [1.29, 1.82) is 0 Å². The van der Waals surface area contributed by atoms with Crippen LogP contribution in [0, 0.1) is 0 Å². The van der Waals surface area contributed by atoms with Crippen molar-refractivity contribution in [3.05, 3.63) is 12.2 Å². The minimum absolute atomic E-state index is 0.109. The van der Waals surface area contributed by atoms with E-state index >= 15 is 0 Å². The van der Waals surface area contributed by atoms with E-state index in [0.29, 0.717) is 12.2 Å². The molecule has 0 N–H and O–H groups in total. The minimum atomic E-state index is -1.88. The molecule has 0 heterocycles. The van der Waals surface area contributed by atoms with E-state index in [9.17, 15) is 9.36 Å². The maximum absolute atomic E-state index is 11.7. The Morgan fingerprint density at radius 2 is 1.85 bits per heavy atom. The average molecular weight is 307 g/mol. The molecule has 6 nitrogen and oxygen atoms in total. The van der Waals surface area contributed by atoms with Crippen molar-refractivity contribution in [2.75, 3.05) is 47.5 Å². The number of rotatable bonds is 10. The van der Waals surface area contributed by atoms with Crippen molar-refractivity contribution in [2.24, 2.45) is 0 Å². The molecule has 0 rings (SSSR count). The number of hydrogen-bond acceptors (Lipinski definition) is 5. The van der Waals surface area contributed by atoms with E-state index in [0.717, 1.165) is 11.0 Å². The van der Waals surface area contributed by atoms with Gasteiger partial charge in [-0.05, 0) is 11.5 Å². The number of carbonyl (C=O) groups excluding carboxylic acids is 1. The van der Waals surface area contributed by atoms with E-state index in [2.05, 4.69) is 6.58 Å². The van der Waals surface area contributed by atoms with E-state index in [-0.39, 0.29) is 13.2 Å². The first-order chi connectivity index (χ1) is 9.13. The highest BCUT2D eigenvalue weighted by atomic mass is 31.1. The van der Waals surface area contributed by atoms with Crippen LogP contribution in [0.25, 0.3) is 0 Å². The first-order valence-corrected chi connectivity index (χ1v) is 7.72. The summed E-state index contributed by atoms with van der Waals surface area (Å²) in [4.78, 5) is 11.1.